The highest BCUT2D eigenvalue weighted by Crippen LogP contribution is 2.17. The number of carbonyl (C=O) groups is 3. The zero-order valence-corrected chi connectivity index (χ0v) is 12.8. The lowest BCUT2D eigenvalue weighted by Crippen LogP contribution is -2.46. The minimum Gasteiger partial charge on any atom is -0.342 e. The van der Waals surface area contributed by atoms with Crippen molar-refractivity contribution in [1.29, 1.82) is 0 Å². The molecule has 1 aliphatic rings. The summed E-state index contributed by atoms with van der Waals surface area (Å²) in [7, 11) is 0. The van der Waals surface area contributed by atoms with E-state index in [0.717, 1.165) is 6.42 Å². The third-order valence-electron chi connectivity index (χ3n) is 3.83. The van der Waals surface area contributed by atoms with E-state index in [0.29, 0.717) is 13.1 Å². The number of nitrogens with zero attached hydrogens (tertiary/aromatic N) is 2. The van der Waals surface area contributed by atoms with Crippen LogP contribution >= 0.6 is 0 Å². The zero-order valence-electron chi connectivity index (χ0n) is 12.8. The second-order valence-corrected chi connectivity index (χ2v) is 5.06. The van der Waals surface area contributed by atoms with Crippen LogP contribution in [-0.2, 0) is 14.4 Å². The lowest BCUT2D eigenvalue weighted by atomic mass is 10.2. The van der Waals surface area contributed by atoms with Gasteiger partial charge >= 0.3 is 0 Å². The van der Waals surface area contributed by atoms with Crippen molar-refractivity contribution in [2.45, 2.75) is 52.6 Å². The summed E-state index contributed by atoms with van der Waals surface area (Å²) < 4.78 is 0. The van der Waals surface area contributed by atoms with Gasteiger partial charge in [0.25, 0.3) is 0 Å². The van der Waals surface area contributed by atoms with Gasteiger partial charge in [-0.3, -0.25) is 24.6 Å². The van der Waals surface area contributed by atoms with Crippen LogP contribution in [0.1, 0.15) is 40.5 Å². The van der Waals surface area contributed by atoms with E-state index in [-0.39, 0.29) is 36.7 Å². The Morgan fingerprint density at radius 1 is 1.35 bits per heavy atom. The van der Waals surface area contributed by atoms with Crippen LogP contribution in [0.4, 0.5) is 0 Å². The predicted octanol–water partition coefficient (Wildman–Crippen LogP) is 0.370. The smallest absolute Gasteiger partial charge is 0.247 e. The van der Waals surface area contributed by atoms with Crippen LogP contribution in [0, 0.1) is 0 Å². The number of hydrogen-bond donors (Lipinski definition) is 1. The van der Waals surface area contributed by atoms with Gasteiger partial charge < -0.3 is 4.90 Å². The van der Waals surface area contributed by atoms with Crippen molar-refractivity contribution in [3.63, 3.8) is 0 Å². The molecule has 2 atom stereocenters. The first-order chi connectivity index (χ1) is 9.46. The molecule has 0 radical (unpaired) electrons. The van der Waals surface area contributed by atoms with E-state index in [1.807, 2.05) is 27.7 Å². The van der Waals surface area contributed by atoms with Gasteiger partial charge in [0, 0.05) is 19.1 Å². The molecule has 1 aliphatic heterocycles. The minimum absolute atomic E-state index is 0.0442. The van der Waals surface area contributed by atoms with Crippen LogP contribution in [0.2, 0.25) is 0 Å². The molecule has 114 valence electrons. The van der Waals surface area contributed by atoms with E-state index in [4.69, 9.17) is 0 Å². The fraction of sp³-hybridized carbons (Fsp3) is 0.786. The highest BCUT2D eigenvalue weighted by molar-refractivity contribution is 6.06. The van der Waals surface area contributed by atoms with E-state index < -0.39 is 6.04 Å². The van der Waals surface area contributed by atoms with Crippen molar-refractivity contribution in [3.8, 4) is 0 Å². The first kappa shape index (κ1) is 16.6. The molecule has 1 saturated heterocycles. The molecule has 0 aromatic carbocycles. The maximum Gasteiger partial charge on any atom is 0.247 e. The number of nitrogens with one attached hydrogen (secondary N) is 1. The molecular formula is C14H25N3O3. The van der Waals surface area contributed by atoms with Gasteiger partial charge in [-0.1, -0.05) is 6.92 Å². The van der Waals surface area contributed by atoms with Gasteiger partial charge in [0.05, 0.1) is 19.0 Å². The van der Waals surface area contributed by atoms with E-state index in [2.05, 4.69) is 5.32 Å². The first-order valence-electron chi connectivity index (χ1n) is 7.33. The second-order valence-electron chi connectivity index (χ2n) is 5.06. The Balaban J connectivity index is 2.56. The third kappa shape index (κ3) is 3.56. The van der Waals surface area contributed by atoms with Crippen molar-refractivity contribution in [2.24, 2.45) is 0 Å². The lowest BCUT2D eigenvalue weighted by molar-refractivity contribution is -0.141. The van der Waals surface area contributed by atoms with Gasteiger partial charge in [-0.25, -0.2) is 0 Å². The number of imide groups is 1. The van der Waals surface area contributed by atoms with Crippen LogP contribution in [-0.4, -0.2) is 59.2 Å². The van der Waals surface area contributed by atoms with Gasteiger partial charge in [0.1, 0.15) is 0 Å². The molecule has 1 fully saturated rings. The summed E-state index contributed by atoms with van der Waals surface area (Å²) in [5, 5.41) is 2.92. The molecule has 0 bridgehead atoms. The van der Waals surface area contributed by atoms with Crippen molar-refractivity contribution in [2.75, 3.05) is 19.6 Å². The molecule has 0 aliphatic carbocycles. The molecule has 0 saturated carbocycles. The molecule has 2 unspecified atom stereocenters. The summed E-state index contributed by atoms with van der Waals surface area (Å²) in [6, 6.07) is -0.642. The Morgan fingerprint density at radius 2 is 1.95 bits per heavy atom. The molecule has 1 N–H and O–H groups in total. The minimum atomic E-state index is -0.559. The molecule has 6 heteroatoms. The molecule has 3 amide bonds. The SMILES string of the molecule is CCC(C)N1C(=O)CC(NCC(=O)N(CC)CC)C1=O. The quantitative estimate of drug-likeness (QED) is 0.685. The van der Waals surface area contributed by atoms with Crippen molar-refractivity contribution in [3.05, 3.63) is 0 Å². The number of carbonyl (C=O) groups excluding carboxylic acids is 3. The fourth-order valence-corrected chi connectivity index (χ4v) is 2.35. The number of amides is 3. The van der Waals surface area contributed by atoms with Crippen LogP contribution in [0.25, 0.3) is 0 Å². The Morgan fingerprint density at radius 3 is 2.45 bits per heavy atom. The van der Waals surface area contributed by atoms with Crippen LogP contribution in [0.15, 0.2) is 0 Å². The van der Waals surface area contributed by atoms with Crippen LogP contribution in [0.3, 0.4) is 0 Å². The first-order valence-corrected chi connectivity index (χ1v) is 7.33. The topological polar surface area (TPSA) is 69.7 Å². The van der Waals surface area contributed by atoms with Gasteiger partial charge in [-0.2, -0.15) is 0 Å². The number of hydrogen-bond acceptors (Lipinski definition) is 4. The number of likely N-dealkylation sites (N-methyl/N-ethyl adjacent to an activating group) is 1. The average Bonchev–Trinajstić information content (AvgIpc) is 2.71. The zero-order chi connectivity index (χ0) is 15.3. The summed E-state index contributed by atoms with van der Waals surface area (Å²) in [6.45, 7) is 9.02. The molecule has 1 heterocycles. The predicted molar refractivity (Wildman–Crippen MR) is 75.9 cm³/mol. The van der Waals surface area contributed by atoms with E-state index >= 15 is 0 Å². The van der Waals surface area contributed by atoms with Crippen molar-refractivity contribution < 1.29 is 14.4 Å². The lowest BCUT2D eigenvalue weighted by Gasteiger charge is -2.22. The molecule has 1 rings (SSSR count). The van der Waals surface area contributed by atoms with E-state index in [9.17, 15) is 14.4 Å². The highest BCUT2D eigenvalue weighted by Gasteiger charge is 2.40. The maximum absolute atomic E-state index is 12.2. The Labute approximate surface area is 120 Å². The molecule has 0 aromatic heterocycles. The van der Waals surface area contributed by atoms with Crippen molar-refractivity contribution in [1.82, 2.24) is 15.1 Å². The van der Waals surface area contributed by atoms with E-state index in [1.165, 1.54) is 4.90 Å². The largest absolute Gasteiger partial charge is 0.342 e. The summed E-state index contributed by atoms with van der Waals surface area (Å²) in [5.74, 6) is -0.411. The monoisotopic (exact) mass is 283 g/mol. The number of likely N-dealkylation sites (tertiary alicyclic amines) is 1. The van der Waals surface area contributed by atoms with Crippen LogP contribution < -0.4 is 5.32 Å². The summed E-state index contributed by atoms with van der Waals surface area (Å²) in [6.07, 6.45) is 0.886. The highest BCUT2D eigenvalue weighted by atomic mass is 16.2. The second kappa shape index (κ2) is 7.38. The third-order valence-corrected chi connectivity index (χ3v) is 3.83. The molecular weight excluding hydrogens is 258 g/mol. The van der Waals surface area contributed by atoms with Gasteiger partial charge in [0.15, 0.2) is 0 Å². The fourth-order valence-electron chi connectivity index (χ4n) is 2.35. The summed E-state index contributed by atoms with van der Waals surface area (Å²) >= 11 is 0. The molecule has 0 aromatic rings. The Bertz CT molecular complexity index is 380. The average molecular weight is 283 g/mol. The van der Waals surface area contributed by atoms with Crippen LogP contribution in [0.5, 0.6) is 0 Å². The van der Waals surface area contributed by atoms with E-state index in [1.54, 1.807) is 4.90 Å². The van der Waals surface area contributed by atoms with Crippen molar-refractivity contribution >= 4 is 17.7 Å². The molecule has 20 heavy (non-hydrogen) atoms. The standard InChI is InChI=1S/C14H25N3O3/c1-5-10(4)17-12(18)8-11(14(17)20)15-9-13(19)16(6-2)7-3/h10-11,15H,5-9H2,1-4H3. The van der Waals surface area contributed by atoms with Gasteiger partial charge in [0.2, 0.25) is 17.7 Å². The summed E-state index contributed by atoms with van der Waals surface area (Å²) in [5.41, 5.74) is 0. The Hall–Kier alpha value is -1.43. The molecule has 0 spiro atoms. The maximum atomic E-state index is 12.2. The normalized spacial score (nSPS) is 20.4. The summed E-state index contributed by atoms with van der Waals surface area (Å²) in [4.78, 5) is 38.9. The van der Waals surface area contributed by atoms with Gasteiger partial charge in [-0.15, -0.1) is 0 Å². The van der Waals surface area contributed by atoms with Gasteiger partial charge in [-0.05, 0) is 27.2 Å². The number of rotatable bonds is 7. The Kier molecular flexibility index (Phi) is 6.13. The molecule has 6 nitrogen and oxygen atoms in total.